The summed E-state index contributed by atoms with van der Waals surface area (Å²) >= 11 is 0. The summed E-state index contributed by atoms with van der Waals surface area (Å²) in [7, 11) is 0. The smallest absolute Gasteiger partial charge is 0.109 e. The molecule has 1 aliphatic carbocycles. The number of rotatable bonds is 2. The van der Waals surface area contributed by atoms with Gasteiger partial charge in [-0.2, -0.15) is 0 Å². The van der Waals surface area contributed by atoms with Crippen molar-refractivity contribution >= 4 is 0 Å². The summed E-state index contributed by atoms with van der Waals surface area (Å²) in [4.78, 5) is 0. The Labute approximate surface area is 84.2 Å². The minimum absolute atomic E-state index is 0.134. The minimum atomic E-state index is 0.134. The molecule has 0 aromatic carbocycles. The van der Waals surface area contributed by atoms with E-state index >= 15 is 0 Å². The van der Waals surface area contributed by atoms with Gasteiger partial charge in [0, 0.05) is 0 Å². The molecule has 0 aromatic heterocycles. The molecule has 3 unspecified atom stereocenters. The lowest BCUT2D eigenvalue weighted by Gasteiger charge is -2.21. The average Bonchev–Trinajstić information content (AvgIpc) is 2.72. The number of ether oxygens (including phenoxy) is 2. The van der Waals surface area contributed by atoms with Crippen molar-refractivity contribution in [3.05, 3.63) is 11.8 Å². The summed E-state index contributed by atoms with van der Waals surface area (Å²) in [6.45, 7) is 2.67. The maximum absolute atomic E-state index is 6.20. The molecule has 0 radical (unpaired) electrons. The third-order valence-corrected chi connectivity index (χ3v) is 3.72. The normalized spacial score (nSPS) is 42.4. The standard InChI is InChI=1S/C11H17NO2/c12-11(9-3-1-2-4-14-9)10-7-5-13-6-8(7)10/h3,7-8,10-11H,1-2,4-6,12H2. The van der Waals surface area contributed by atoms with E-state index in [2.05, 4.69) is 6.08 Å². The molecule has 0 amide bonds. The molecule has 1 saturated heterocycles. The molecule has 3 nitrogen and oxygen atoms in total. The topological polar surface area (TPSA) is 44.5 Å². The van der Waals surface area contributed by atoms with Crippen molar-refractivity contribution in [1.82, 2.24) is 0 Å². The van der Waals surface area contributed by atoms with Crippen molar-refractivity contribution in [3.8, 4) is 0 Å². The molecule has 0 spiro atoms. The summed E-state index contributed by atoms with van der Waals surface area (Å²) in [6, 6.07) is 0.134. The molecule has 3 atom stereocenters. The van der Waals surface area contributed by atoms with Gasteiger partial charge in [0.05, 0.1) is 25.9 Å². The molecule has 14 heavy (non-hydrogen) atoms. The Bertz CT molecular complexity index is 254. The zero-order chi connectivity index (χ0) is 9.54. The van der Waals surface area contributed by atoms with Gasteiger partial charge in [0.1, 0.15) is 5.76 Å². The zero-order valence-electron chi connectivity index (χ0n) is 8.32. The second-order valence-electron chi connectivity index (χ2n) is 4.57. The van der Waals surface area contributed by atoms with E-state index in [-0.39, 0.29) is 6.04 Å². The van der Waals surface area contributed by atoms with Crippen LogP contribution < -0.4 is 5.73 Å². The van der Waals surface area contributed by atoms with Gasteiger partial charge < -0.3 is 15.2 Å². The Balaban J connectivity index is 1.65. The van der Waals surface area contributed by atoms with Crippen LogP contribution in [0.15, 0.2) is 11.8 Å². The lowest BCUT2D eigenvalue weighted by molar-refractivity contribution is 0.131. The fourth-order valence-electron chi connectivity index (χ4n) is 2.82. The van der Waals surface area contributed by atoms with E-state index in [4.69, 9.17) is 15.2 Å². The average molecular weight is 195 g/mol. The second kappa shape index (κ2) is 3.24. The Hall–Kier alpha value is -0.540. The molecule has 2 fully saturated rings. The second-order valence-corrected chi connectivity index (χ2v) is 4.57. The first-order chi connectivity index (χ1) is 6.88. The molecule has 0 bridgehead atoms. The van der Waals surface area contributed by atoms with E-state index in [0.717, 1.165) is 50.3 Å². The van der Waals surface area contributed by atoms with Gasteiger partial charge in [-0.25, -0.2) is 0 Å². The molecule has 0 aromatic rings. The highest BCUT2D eigenvalue weighted by Gasteiger charge is 2.57. The van der Waals surface area contributed by atoms with Crippen LogP contribution >= 0.6 is 0 Å². The van der Waals surface area contributed by atoms with Gasteiger partial charge in [-0.15, -0.1) is 0 Å². The van der Waals surface area contributed by atoms with Gasteiger partial charge in [0.2, 0.25) is 0 Å². The molecule has 3 rings (SSSR count). The molecule has 2 aliphatic heterocycles. The van der Waals surface area contributed by atoms with E-state index < -0.39 is 0 Å². The summed E-state index contributed by atoms with van der Waals surface area (Å²) in [5, 5.41) is 0. The predicted octanol–water partition coefficient (Wildman–Crippen LogP) is 0.900. The van der Waals surface area contributed by atoms with E-state index in [0.29, 0.717) is 5.92 Å². The van der Waals surface area contributed by atoms with Crippen LogP contribution in [-0.4, -0.2) is 25.9 Å². The lowest BCUT2D eigenvalue weighted by Crippen LogP contribution is -2.30. The molecular formula is C11H17NO2. The Kier molecular flexibility index (Phi) is 2.03. The van der Waals surface area contributed by atoms with Crippen molar-refractivity contribution in [3.63, 3.8) is 0 Å². The SMILES string of the molecule is NC(C1=CCCCO1)C1C2COCC21. The summed E-state index contributed by atoms with van der Waals surface area (Å²) in [5.41, 5.74) is 6.20. The summed E-state index contributed by atoms with van der Waals surface area (Å²) in [5.74, 6) is 3.11. The monoisotopic (exact) mass is 195 g/mol. The van der Waals surface area contributed by atoms with Crippen LogP contribution in [0.3, 0.4) is 0 Å². The molecule has 1 saturated carbocycles. The fraction of sp³-hybridized carbons (Fsp3) is 0.818. The van der Waals surface area contributed by atoms with Gasteiger partial charge in [-0.3, -0.25) is 0 Å². The Morgan fingerprint density at radius 3 is 2.79 bits per heavy atom. The van der Waals surface area contributed by atoms with Crippen molar-refractivity contribution in [2.75, 3.05) is 19.8 Å². The third-order valence-electron chi connectivity index (χ3n) is 3.72. The number of nitrogens with two attached hydrogens (primary N) is 1. The van der Waals surface area contributed by atoms with Crippen molar-refractivity contribution < 1.29 is 9.47 Å². The lowest BCUT2D eigenvalue weighted by atomic mass is 10.1. The van der Waals surface area contributed by atoms with Crippen LogP contribution in [0.5, 0.6) is 0 Å². The predicted molar refractivity (Wildman–Crippen MR) is 52.5 cm³/mol. The largest absolute Gasteiger partial charge is 0.497 e. The van der Waals surface area contributed by atoms with Crippen LogP contribution in [0.2, 0.25) is 0 Å². The van der Waals surface area contributed by atoms with E-state index in [9.17, 15) is 0 Å². The van der Waals surface area contributed by atoms with E-state index in [1.165, 1.54) is 0 Å². The summed E-state index contributed by atoms with van der Waals surface area (Å²) in [6.07, 6.45) is 4.43. The van der Waals surface area contributed by atoms with Gasteiger partial charge in [-0.1, -0.05) is 0 Å². The van der Waals surface area contributed by atoms with Gasteiger partial charge in [0.15, 0.2) is 0 Å². The first kappa shape index (κ1) is 8.74. The first-order valence-corrected chi connectivity index (χ1v) is 5.54. The molecule has 3 heteroatoms. The number of fused-ring (bicyclic) bond motifs is 1. The maximum atomic E-state index is 6.20. The number of hydrogen-bond donors (Lipinski definition) is 1. The van der Waals surface area contributed by atoms with Gasteiger partial charge in [-0.05, 0) is 36.7 Å². The van der Waals surface area contributed by atoms with Gasteiger partial charge >= 0.3 is 0 Å². The van der Waals surface area contributed by atoms with Gasteiger partial charge in [0.25, 0.3) is 0 Å². The third kappa shape index (κ3) is 1.27. The maximum Gasteiger partial charge on any atom is 0.109 e. The van der Waals surface area contributed by atoms with Crippen molar-refractivity contribution in [1.29, 1.82) is 0 Å². The quantitative estimate of drug-likeness (QED) is 0.712. The Morgan fingerprint density at radius 2 is 2.14 bits per heavy atom. The first-order valence-electron chi connectivity index (χ1n) is 5.54. The highest BCUT2D eigenvalue weighted by molar-refractivity contribution is 5.16. The van der Waals surface area contributed by atoms with Crippen molar-refractivity contribution in [2.45, 2.75) is 18.9 Å². The van der Waals surface area contributed by atoms with Crippen molar-refractivity contribution in [2.24, 2.45) is 23.5 Å². The number of allylic oxidation sites excluding steroid dienone is 1. The van der Waals surface area contributed by atoms with Crippen LogP contribution in [0, 0.1) is 17.8 Å². The molecular weight excluding hydrogens is 178 g/mol. The highest BCUT2D eigenvalue weighted by atomic mass is 16.5. The van der Waals surface area contributed by atoms with E-state index in [1.807, 2.05) is 0 Å². The van der Waals surface area contributed by atoms with Crippen LogP contribution in [0.25, 0.3) is 0 Å². The number of hydrogen-bond acceptors (Lipinski definition) is 3. The fourth-order valence-corrected chi connectivity index (χ4v) is 2.82. The van der Waals surface area contributed by atoms with Crippen LogP contribution in [-0.2, 0) is 9.47 Å². The molecule has 78 valence electrons. The molecule has 2 heterocycles. The van der Waals surface area contributed by atoms with E-state index in [1.54, 1.807) is 0 Å². The highest BCUT2D eigenvalue weighted by Crippen LogP contribution is 2.53. The molecule has 3 aliphatic rings. The molecule has 2 N–H and O–H groups in total. The zero-order valence-corrected chi connectivity index (χ0v) is 8.32. The minimum Gasteiger partial charge on any atom is -0.497 e. The summed E-state index contributed by atoms with van der Waals surface area (Å²) < 4.78 is 11.0. The van der Waals surface area contributed by atoms with Crippen LogP contribution in [0.1, 0.15) is 12.8 Å². The van der Waals surface area contributed by atoms with Crippen LogP contribution in [0.4, 0.5) is 0 Å². The Morgan fingerprint density at radius 1 is 1.36 bits per heavy atom.